The van der Waals surface area contributed by atoms with Crippen molar-refractivity contribution < 1.29 is 24.2 Å². The van der Waals surface area contributed by atoms with Crippen molar-refractivity contribution in [2.24, 2.45) is 17.8 Å². The maximum absolute atomic E-state index is 11.9. The molecule has 0 radical (unpaired) electrons. The summed E-state index contributed by atoms with van der Waals surface area (Å²) in [5.41, 5.74) is 0. The summed E-state index contributed by atoms with van der Waals surface area (Å²) in [4.78, 5) is 23.7. The van der Waals surface area contributed by atoms with E-state index in [-0.39, 0.29) is 31.5 Å². The van der Waals surface area contributed by atoms with E-state index in [1.54, 1.807) is 19.9 Å². The van der Waals surface area contributed by atoms with Gasteiger partial charge in [-0.1, -0.05) is 19.9 Å². The number of rotatable bonds is 9. The van der Waals surface area contributed by atoms with E-state index < -0.39 is 24.0 Å². The predicted octanol–water partition coefficient (Wildman–Crippen LogP) is 1.94. The lowest BCUT2D eigenvalue weighted by molar-refractivity contribution is -0.162. The van der Waals surface area contributed by atoms with Gasteiger partial charge in [0.25, 0.3) is 0 Å². The second-order valence-corrected chi connectivity index (χ2v) is 4.93. The number of hydrogen-bond donors (Lipinski definition) is 1. The Balaban J connectivity index is 4.97. The van der Waals surface area contributed by atoms with E-state index in [1.807, 2.05) is 13.8 Å². The molecule has 0 unspecified atom stereocenters. The molecule has 20 heavy (non-hydrogen) atoms. The van der Waals surface area contributed by atoms with Gasteiger partial charge in [-0.15, -0.1) is 6.58 Å². The second-order valence-electron chi connectivity index (χ2n) is 4.93. The number of hydrogen-bond acceptors (Lipinski definition) is 5. The van der Waals surface area contributed by atoms with Crippen molar-refractivity contribution in [3.8, 4) is 0 Å². The third-order valence-corrected chi connectivity index (χ3v) is 3.07. The molecule has 0 bridgehead atoms. The molecule has 5 nitrogen and oxygen atoms in total. The lowest BCUT2D eigenvalue weighted by Gasteiger charge is -2.25. The number of ether oxygens (including phenoxy) is 2. The Hall–Kier alpha value is -1.36. The molecule has 0 aromatic heterocycles. The van der Waals surface area contributed by atoms with Crippen LogP contribution in [0.2, 0.25) is 0 Å². The third kappa shape index (κ3) is 5.74. The van der Waals surface area contributed by atoms with Gasteiger partial charge in [0.2, 0.25) is 0 Å². The van der Waals surface area contributed by atoms with E-state index in [4.69, 9.17) is 9.47 Å². The molecule has 0 aliphatic rings. The Kier molecular flexibility index (Phi) is 8.88. The van der Waals surface area contributed by atoms with Gasteiger partial charge in [-0.05, 0) is 26.2 Å². The van der Waals surface area contributed by atoms with Crippen LogP contribution in [-0.4, -0.2) is 36.4 Å². The molecular formula is C15H26O5. The van der Waals surface area contributed by atoms with E-state index >= 15 is 0 Å². The first-order chi connectivity index (χ1) is 9.38. The number of aliphatic hydroxyl groups is 1. The Morgan fingerprint density at radius 3 is 1.90 bits per heavy atom. The summed E-state index contributed by atoms with van der Waals surface area (Å²) in [6, 6.07) is 0. The van der Waals surface area contributed by atoms with Gasteiger partial charge >= 0.3 is 11.9 Å². The van der Waals surface area contributed by atoms with Gasteiger partial charge in [-0.3, -0.25) is 9.59 Å². The van der Waals surface area contributed by atoms with E-state index in [9.17, 15) is 14.7 Å². The molecular weight excluding hydrogens is 260 g/mol. The summed E-state index contributed by atoms with van der Waals surface area (Å²) in [6.07, 6.45) is 1.04. The molecule has 0 saturated heterocycles. The van der Waals surface area contributed by atoms with Crippen molar-refractivity contribution in [3.63, 3.8) is 0 Å². The maximum Gasteiger partial charge on any atom is 0.320 e. The number of carbonyl (C=O) groups is 2. The molecule has 0 fully saturated rings. The minimum atomic E-state index is -1.02. The second kappa shape index (κ2) is 9.53. The van der Waals surface area contributed by atoms with Crippen LogP contribution in [0, 0.1) is 17.8 Å². The quantitative estimate of drug-likeness (QED) is 0.398. The Bertz CT molecular complexity index is 306. The zero-order valence-corrected chi connectivity index (χ0v) is 12.8. The van der Waals surface area contributed by atoms with Gasteiger partial charge in [0.05, 0.1) is 19.3 Å². The monoisotopic (exact) mass is 286 g/mol. The van der Waals surface area contributed by atoms with Crippen molar-refractivity contribution >= 4 is 11.9 Å². The molecule has 0 aliphatic carbocycles. The van der Waals surface area contributed by atoms with Crippen molar-refractivity contribution in [3.05, 3.63) is 12.7 Å². The lowest BCUT2D eigenvalue weighted by atomic mass is 9.85. The first-order valence-corrected chi connectivity index (χ1v) is 7.02. The zero-order valence-electron chi connectivity index (χ0n) is 12.8. The molecule has 0 rings (SSSR count). The summed E-state index contributed by atoms with van der Waals surface area (Å²) in [6.45, 7) is 11.1. The summed E-state index contributed by atoms with van der Waals surface area (Å²) in [7, 11) is 0. The molecule has 0 saturated carbocycles. The van der Waals surface area contributed by atoms with Crippen LogP contribution >= 0.6 is 0 Å². The highest BCUT2D eigenvalue weighted by atomic mass is 16.6. The topological polar surface area (TPSA) is 72.8 Å². The molecule has 116 valence electrons. The summed E-state index contributed by atoms with van der Waals surface area (Å²) < 4.78 is 9.80. The average molecular weight is 286 g/mol. The van der Waals surface area contributed by atoms with Crippen LogP contribution < -0.4 is 0 Å². The van der Waals surface area contributed by atoms with Gasteiger partial charge < -0.3 is 14.6 Å². The number of esters is 2. The van der Waals surface area contributed by atoms with E-state index in [0.717, 1.165) is 0 Å². The summed E-state index contributed by atoms with van der Waals surface area (Å²) >= 11 is 0. The Morgan fingerprint density at radius 1 is 1.15 bits per heavy atom. The number of aliphatic hydroxyl groups excluding tert-OH is 1. The van der Waals surface area contributed by atoms with Crippen LogP contribution in [0.15, 0.2) is 12.7 Å². The lowest BCUT2D eigenvalue weighted by Crippen LogP contribution is -2.34. The van der Waals surface area contributed by atoms with Crippen LogP contribution in [0.25, 0.3) is 0 Å². The van der Waals surface area contributed by atoms with Crippen molar-refractivity contribution in [2.45, 2.75) is 40.2 Å². The van der Waals surface area contributed by atoms with Gasteiger partial charge in [0.15, 0.2) is 5.92 Å². The SMILES string of the molecule is C=C[C@@H](CC(C(=O)OCC)C(=O)OCC)[C@@H](O)C(C)C. The normalized spacial score (nSPS) is 13.9. The third-order valence-electron chi connectivity index (χ3n) is 3.07. The molecule has 0 aliphatic heterocycles. The largest absolute Gasteiger partial charge is 0.465 e. The van der Waals surface area contributed by atoms with Crippen LogP contribution in [0.4, 0.5) is 0 Å². The van der Waals surface area contributed by atoms with Crippen molar-refractivity contribution in [1.29, 1.82) is 0 Å². The molecule has 1 N–H and O–H groups in total. The fourth-order valence-electron chi connectivity index (χ4n) is 1.92. The highest BCUT2D eigenvalue weighted by Gasteiger charge is 2.34. The molecule has 5 heteroatoms. The summed E-state index contributed by atoms with van der Waals surface area (Å²) in [5.74, 6) is -2.62. The molecule has 0 aromatic carbocycles. The first kappa shape index (κ1) is 18.6. The van der Waals surface area contributed by atoms with Crippen LogP contribution in [-0.2, 0) is 19.1 Å². The van der Waals surface area contributed by atoms with Crippen LogP contribution in [0.3, 0.4) is 0 Å². The first-order valence-electron chi connectivity index (χ1n) is 7.02. The minimum Gasteiger partial charge on any atom is -0.465 e. The fraction of sp³-hybridized carbons (Fsp3) is 0.733. The zero-order chi connectivity index (χ0) is 15.7. The van der Waals surface area contributed by atoms with Crippen LogP contribution in [0.5, 0.6) is 0 Å². The smallest absolute Gasteiger partial charge is 0.320 e. The van der Waals surface area contributed by atoms with E-state index in [2.05, 4.69) is 6.58 Å². The van der Waals surface area contributed by atoms with E-state index in [1.165, 1.54) is 0 Å². The van der Waals surface area contributed by atoms with Crippen molar-refractivity contribution in [2.75, 3.05) is 13.2 Å². The molecule has 0 spiro atoms. The van der Waals surface area contributed by atoms with Gasteiger partial charge in [0, 0.05) is 5.92 Å². The van der Waals surface area contributed by atoms with Crippen LogP contribution in [0.1, 0.15) is 34.1 Å². The minimum absolute atomic E-state index is 0.00282. The van der Waals surface area contributed by atoms with Gasteiger partial charge in [0.1, 0.15) is 0 Å². The molecule has 0 amide bonds. The van der Waals surface area contributed by atoms with Gasteiger partial charge in [-0.25, -0.2) is 0 Å². The predicted molar refractivity (Wildman–Crippen MR) is 75.9 cm³/mol. The molecule has 0 aromatic rings. The standard InChI is InChI=1S/C15H26O5/c1-6-11(13(16)10(4)5)9-12(14(17)19-7-2)15(18)20-8-3/h6,10-13,16H,1,7-9H2,2-5H3/t11-,13-/m0/s1. The Labute approximate surface area is 121 Å². The average Bonchev–Trinajstić information content (AvgIpc) is 2.39. The summed E-state index contributed by atoms with van der Waals surface area (Å²) in [5, 5.41) is 10.1. The maximum atomic E-state index is 11.9. The Morgan fingerprint density at radius 2 is 1.60 bits per heavy atom. The molecule has 0 heterocycles. The fourth-order valence-corrected chi connectivity index (χ4v) is 1.92. The molecule has 2 atom stereocenters. The van der Waals surface area contributed by atoms with E-state index in [0.29, 0.717) is 0 Å². The highest BCUT2D eigenvalue weighted by Crippen LogP contribution is 2.24. The van der Waals surface area contributed by atoms with Gasteiger partial charge in [-0.2, -0.15) is 0 Å². The number of carbonyl (C=O) groups excluding carboxylic acids is 2. The highest BCUT2D eigenvalue weighted by molar-refractivity contribution is 5.94. The van der Waals surface area contributed by atoms with Crippen molar-refractivity contribution in [1.82, 2.24) is 0 Å².